The number of hydrogen-bond donors (Lipinski definition) is 1. The molecule has 0 bridgehead atoms. The summed E-state index contributed by atoms with van der Waals surface area (Å²) in [5.41, 5.74) is 3.94. The largest absolute Gasteiger partial charge is 0.319 e. The number of ketones is 1. The van der Waals surface area contributed by atoms with Crippen LogP contribution < -0.4 is 5.32 Å². The van der Waals surface area contributed by atoms with Gasteiger partial charge in [0.05, 0.1) is 12.1 Å². The molecule has 1 heterocycles. The third kappa shape index (κ3) is 3.79. The van der Waals surface area contributed by atoms with E-state index in [0.717, 1.165) is 41.9 Å². The number of carbonyl (C=O) groups is 1. The molecule has 0 saturated carbocycles. The molecule has 4 nitrogen and oxygen atoms in total. The summed E-state index contributed by atoms with van der Waals surface area (Å²) in [6, 6.07) is 9.89. The number of aryl methyl sites for hydroxylation is 2. The van der Waals surface area contributed by atoms with Crippen molar-refractivity contribution in [2.24, 2.45) is 7.05 Å². The molecule has 0 aliphatic rings. The van der Waals surface area contributed by atoms with Crippen molar-refractivity contribution in [1.29, 1.82) is 0 Å². The molecule has 0 aliphatic carbocycles. The lowest BCUT2D eigenvalue weighted by Crippen LogP contribution is -2.14. The number of rotatable bonds is 7. The van der Waals surface area contributed by atoms with Crippen LogP contribution in [0.25, 0.3) is 0 Å². The van der Waals surface area contributed by atoms with Gasteiger partial charge >= 0.3 is 0 Å². The average molecular weight is 285 g/mol. The number of aromatic nitrogens is 2. The molecular formula is C17H23N3O. The van der Waals surface area contributed by atoms with Gasteiger partial charge in [0.25, 0.3) is 0 Å². The summed E-state index contributed by atoms with van der Waals surface area (Å²) in [5, 5.41) is 7.53. The molecule has 2 aromatic rings. The highest BCUT2D eigenvalue weighted by Crippen LogP contribution is 2.14. The minimum atomic E-state index is 0.160. The fourth-order valence-corrected chi connectivity index (χ4v) is 2.44. The van der Waals surface area contributed by atoms with E-state index in [0.29, 0.717) is 6.42 Å². The van der Waals surface area contributed by atoms with Crippen LogP contribution in [-0.4, -0.2) is 29.2 Å². The van der Waals surface area contributed by atoms with Crippen LogP contribution in [-0.2, 0) is 26.3 Å². The molecule has 0 atom stereocenters. The fraction of sp³-hybridized carbons (Fsp3) is 0.412. The first-order valence-corrected chi connectivity index (χ1v) is 7.43. The lowest BCUT2D eigenvalue weighted by atomic mass is 9.98. The molecule has 0 amide bonds. The first-order valence-electron chi connectivity index (χ1n) is 7.43. The molecule has 0 spiro atoms. The Kier molecular flexibility index (Phi) is 5.28. The standard InChI is InChI=1S/C17H23N3O/c1-4-14-11-15(20(3)19-14)12-17(21)16-8-6-5-7-13(16)9-10-18-2/h5-8,11,18H,4,9-10,12H2,1-3H3. The molecule has 0 aliphatic heterocycles. The third-order valence-corrected chi connectivity index (χ3v) is 3.69. The number of carbonyl (C=O) groups excluding carboxylic acids is 1. The maximum atomic E-state index is 12.6. The first-order chi connectivity index (χ1) is 10.2. The Morgan fingerprint density at radius 3 is 2.76 bits per heavy atom. The smallest absolute Gasteiger partial charge is 0.169 e. The summed E-state index contributed by atoms with van der Waals surface area (Å²) in [6.45, 7) is 2.94. The van der Waals surface area contributed by atoms with Crippen molar-refractivity contribution in [2.75, 3.05) is 13.6 Å². The Bertz CT molecular complexity index is 616. The van der Waals surface area contributed by atoms with Crippen LogP contribution in [0.2, 0.25) is 0 Å². The molecular weight excluding hydrogens is 262 g/mol. The van der Waals surface area contributed by atoms with Crippen molar-refractivity contribution in [3.63, 3.8) is 0 Å². The zero-order valence-electron chi connectivity index (χ0n) is 13.0. The third-order valence-electron chi connectivity index (χ3n) is 3.69. The molecule has 4 heteroatoms. The highest BCUT2D eigenvalue weighted by Gasteiger charge is 2.14. The van der Waals surface area contributed by atoms with E-state index in [-0.39, 0.29) is 5.78 Å². The van der Waals surface area contributed by atoms with Crippen LogP contribution in [0.1, 0.15) is 34.2 Å². The van der Waals surface area contributed by atoms with Crippen molar-refractivity contribution >= 4 is 5.78 Å². The van der Waals surface area contributed by atoms with E-state index in [1.165, 1.54) is 0 Å². The second-order valence-electron chi connectivity index (χ2n) is 5.21. The number of benzene rings is 1. The molecule has 1 aromatic carbocycles. The first kappa shape index (κ1) is 15.4. The van der Waals surface area contributed by atoms with E-state index in [4.69, 9.17) is 0 Å². The van der Waals surface area contributed by atoms with Gasteiger partial charge < -0.3 is 5.32 Å². The van der Waals surface area contributed by atoms with Crippen LogP contribution in [0.4, 0.5) is 0 Å². The zero-order chi connectivity index (χ0) is 15.2. The van der Waals surface area contributed by atoms with Gasteiger partial charge in [0.2, 0.25) is 0 Å². The van der Waals surface area contributed by atoms with Crippen molar-refractivity contribution in [2.45, 2.75) is 26.2 Å². The van der Waals surface area contributed by atoms with Gasteiger partial charge in [-0.2, -0.15) is 5.10 Å². The van der Waals surface area contributed by atoms with Crippen LogP contribution in [0.15, 0.2) is 30.3 Å². The number of hydrogen-bond acceptors (Lipinski definition) is 3. The van der Waals surface area contributed by atoms with Gasteiger partial charge in [-0.05, 0) is 38.1 Å². The van der Waals surface area contributed by atoms with Gasteiger partial charge in [0.15, 0.2) is 5.78 Å². The monoisotopic (exact) mass is 285 g/mol. The SMILES string of the molecule is CCc1cc(CC(=O)c2ccccc2CCNC)n(C)n1. The summed E-state index contributed by atoms with van der Waals surface area (Å²) < 4.78 is 1.81. The highest BCUT2D eigenvalue weighted by atomic mass is 16.1. The van der Waals surface area contributed by atoms with Gasteiger partial charge in [0.1, 0.15) is 0 Å². The predicted octanol–water partition coefficient (Wildman–Crippen LogP) is 2.17. The summed E-state index contributed by atoms with van der Waals surface area (Å²) in [4.78, 5) is 12.6. The average Bonchev–Trinajstić information content (AvgIpc) is 2.85. The Balaban J connectivity index is 2.18. The van der Waals surface area contributed by atoms with Crippen LogP contribution >= 0.6 is 0 Å². The molecule has 0 radical (unpaired) electrons. The number of nitrogens with one attached hydrogen (secondary N) is 1. The molecule has 1 aromatic heterocycles. The fourth-order valence-electron chi connectivity index (χ4n) is 2.44. The predicted molar refractivity (Wildman–Crippen MR) is 84.7 cm³/mol. The van der Waals surface area contributed by atoms with E-state index >= 15 is 0 Å². The summed E-state index contributed by atoms with van der Waals surface area (Å²) in [5.74, 6) is 0.160. The van der Waals surface area contributed by atoms with E-state index in [9.17, 15) is 4.79 Å². The van der Waals surface area contributed by atoms with E-state index in [1.54, 1.807) is 0 Å². The zero-order valence-corrected chi connectivity index (χ0v) is 13.0. The summed E-state index contributed by atoms with van der Waals surface area (Å²) in [6.07, 6.45) is 2.16. The molecule has 0 fully saturated rings. The highest BCUT2D eigenvalue weighted by molar-refractivity contribution is 5.98. The van der Waals surface area contributed by atoms with Gasteiger partial charge in [0, 0.05) is 18.3 Å². The van der Waals surface area contributed by atoms with Crippen molar-refractivity contribution < 1.29 is 4.79 Å². The maximum Gasteiger partial charge on any atom is 0.169 e. The van der Waals surface area contributed by atoms with Gasteiger partial charge in [-0.1, -0.05) is 31.2 Å². The van der Waals surface area contributed by atoms with Crippen molar-refractivity contribution in [1.82, 2.24) is 15.1 Å². The van der Waals surface area contributed by atoms with E-state index in [1.807, 2.05) is 49.1 Å². The topological polar surface area (TPSA) is 46.9 Å². The Morgan fingerprint density at radius 1 is 1.33 bits per heavy atom. The lowest BCUT2D eigenvalue weighted by Gasteiger charge is -2.08. The van der Waals surface area contributed by atoms with Gasteiger partial charge in [-0.3, -0.25) is 9.48 Å². The molecule has 112 valence electrons. The number of Topliss-reactive ketones (excluding diaryl/α,β-unsaturated/α-hetero) is 1. The Morgan fingerprint density at radius 2 is 2.10 bits per heavy atom. The normalized spacial score (nSPS) is 10.8. The van der Waals surface area contributed by atoms with Gasteiger partial charge in [-0.15, -0.1) is 0 Å². The Labute approximate surface area is 126 Å². The van der Waals surface area contributed by atoms with Crippen LogP contribution in [0.3, 0.4) is 0 Å². The second kappa shape index (κ2) is 7.18. The summed E-state index contributed by atoms with van der Waals surface area (Å²) in [7, 11) is 3.82. The molecule has 21 heavy (non-hydrogen) atoms. The molecule has 0 saturated heterocycles. The molecule has 1 N–H and O–H groups in total. The van der Waals surface area contributed by atoms with Crippen LogP contribution in [0, 0.1) is 0 Å². The summed E-state index contributed by atoms with van der Waals surface area (Å²) >= 11 is 0. The molecule has 2 rings (SSSR count). The Hall–Kier alpha value is -1.94. The lowest BCUT2D eigenvalue weighted by molar-refractivity contribution is 0.0990. The quantitative estimate of drug-likeness (QED) is 0.793. The van der Waals surface area contributed by atoms with Gasteiger partial charge in [-0.25, -0.2) is 0 Å². The van der Waals surface area contributed by atoms with Crippen molar-refractivity contribution in [3.8, 4) is 0 Å². The number of likely N-dealkylation sites (N-methyl/N-ethyl adjacent to an activating group) is 1. The van der Waals surface area contributed by atoms with E-state index in [2.05, 4.69) is 17.3 Å². The number of nitrogens with zero attached hydrogens (tertiary/aromatic N) is 2. The maximum absolute atomic E-state index is 12.6. The molecule has 0 unspecified atom stereocenters. The minimum Gasteiger partial charge on any atom is -0.319 e. The minimum absolute atomic E-state index is 0.160. The van der Waals surface area contributed by atoms with Crippen LogP contribution in [0.5, 0.6) is 0 Å². The second-order valence-corrected chi connectivity index (χ2v) is 5.21. The van der Waals surface area contributed by atoms with E-state index < -0.39 is 0 Å². The van der Waals surface area contributed by atoms with Crippen molar-refractivity contribution in [3.05, 3.63) is 52.8 Å².